The fraction of sp³-hybridized carbons (Fsp3) is 0.385. The summed E-state index contributed by atoms with van der Waals surface area (Å²) in [4.78, 5) is 0. The van der Waals surface area contributed by atoms with Crippen molar-refractivity contribution >= 4 is 26.8 Å². The first-order valence-corrected chi connectivity index (χ1v) is 6.53. The van der Waals surface area contributed by atoms with Crippen LogP contribution in [0.1, 0.15) is 19.0 Å². The van der Waals surface area contributed by atoms with Gasteiger partial charge in [-0.2, -0.15) is 0 Å². The molecule has 1 aromatic carbocycles. The van der Waals surface area contributed by atoms with Crippen LogP contribution < -0.4 is 5.73 Å². The summed E-state index contributed by atoms with van der Waals surface area (Å²) in [6.07, 6.45) is 2.12. The minimum atomic E-state index is 0.759. The van der Waals surface area contributed by atoms with Crippen LogP contribution in [0.25, 0.3) is 10.9 Å². The predicted molar refractivity (Wildman–Crippen MR) is 72.7 cm³/mol. The van der Waals surface area contributed by atoms with Crippen LogP contribution in [0.2, 0.25) is 0 Å². The number of fused-ring (bicyclic) bond motifs is 1. The van der Waals surface area contributed by atoms with Crippen molar-refractivity contribution in [2.24, 2.45) is 5.73 Å². The summed E-state index contributed by atoms with van der Waals surface area (Å²) in [5.41, 5.74) is 8.28. The Morgan fingerprint density at radius 1 is 1.31 bits per heavy atom. The molecule has 2 nitrogen and oxygen atoms in total. The van der Waals surface area contributed by atoms with E-state index in [2.05, 4.69) is 51.7 Å². The van der Waals surface area contributed by atoms with E-state index in [1.807, 2.05) is 0 Å². The van der Waals surface area contributed by atoms with Gasteiger partial charge in [0.05, 0.1) is 0 Å². The molecule has 2 rings (SSSR count). The molecule has 86 valence electrons. The molecule has 0 atom stereocenters. The Hall–Kier alpha value is -0.800. The highest BCUT2D eigenvalue weighted by Crippen LogP contribution is 2.24. The van der Waals surface area contributed by atoms with Crippen molar-refractivity contribution in [3.05, 3.63) is 34.4 Å². The second-order valence-corrected chi connectivity index (χ2v) is 4.89. The molecule has 0 saturated heterocycles. The van der Waals surface area contributed by atoms with E-state index in [-0.39, 0.29) is 0 Å². The maximum absolute atomic E-state index is 5.57. The maximum Gasteiger partial charge on any atom is 0.0483 e. The predicted octanol–water partition coefficient (Wildman–Crippen LogP) is 3.32. The molecule has 1 aromatic heterocycles. The van der Waals surface area contributed by atoms with Gasteiger partial charge in [-0.05, 0) is 50.6 Å². The van der Waals surface area contributed by atoms with Gasteiger partial charge in [-0.3, -0.25) is 0 Å². The van der Waals surface area contributed by atoms with E-state index in [0.29, 0.717) is 0 Å². The molecule has 0 radical (unpaired) electrons. The maximum atomic E-state index is 5.57. The fourth-order valence-corrected chi connectivity index (χ4v) is 2.54. The number of nitrogens with two attached hydrogens (primary N) is 1. The Bertz CT molecular complexity index is 488. The summed E-state index contributed by atoms with van der Waals surface area (Å²) >= 11 is 3.51. The van der Waals surface area contributed by atoms with E-state index in [9.17, 15) is 0 Å². The van der Waals surface area contributed by atoms with Crippen LogP contribution in [0.4, 0.5) is 0 Å². The van der Waals surface area contributed by atoms with Gasteiger partial charge in [0, 0.05) is 27.6 Å². The Morgan fingerprint density at radius 2 is 2.12 bits per heavy atom. The highest BCUT2D eigenvalue weighted by Gasteiger charge is 2.07. The van der Waals surface area contributed by atoms with Crippen LogP contribution in [-0.2, 0) is 13.0 Å². The molecule has 0 aliphatic rings. The van der Waals surface area contributed by atoms with Gasteiger partial charge in [-0.15, -0.1) is 0 Å². The molecule has 0 unspecified atom stereocenters. The normalized spacial score (nSPS) is 11.2. The van der Waals surface area contributed by atoms with Crippen molar-refractivity contribution in [3.63, 3.8) is 0 Å². The summed E-state index contributed by atoms with van der Waals surface area (Å²) in [5, 5.41) is 1.31. The largest absolute Gasteiger partial charge is 0.345 e. The van der Waals surface area contributed by atoms with Gasteiger partial charge in [0.25, 0.3) is 0 Å². The van der Waals surface area contributed by atoms with Crippen LogP contribution >= 0.6 is 15.9 Å². The lowest BCUT2D eigenvalue weighted by Crippen LogP contribution is -2.05. The van der Waals surface area contributed by atoms with Crippen molar-refractivity contribution < 1.29 is 0 Å². The molecule has 3 heteroatoms. The van der Waals surface area contributed by atoms with Gasteiger partial charge in [0.1, 0.15) is 0 Å². The number of hydrogen-bond donors (Lipinski definition) is 1. The number of halogens is 1. The second-order valence-electron chi connectivity index (χ2n) is 3.98. The first-order chi connectivity index (χ1) is 7.76. The summed E-state index contributed by atoms with van der Waals surface area (Å²) < 4.78 is 3.51. The smallest absolute Gasteiger partial charge is 0.0483 e. The van der Waals surface area contributed by atoms with Crippen molar-refractivity contribution in [3.8, 4) is 0 Å². The van der Waals surface area contributed by atoms with E-state index >= 15 is 0 Å². The molecule has 0 spiro atoms. The van der Waals surface area contributed by atoms with Crippen molar-refractivity contribution in [2.75, 3.05) is 6.54 Å². The van der Waals surface area contributed by atoms with E-state index in [4.69, 9.17) is 5.73 Å². The third-order valence-corrected chi connectivity index (χ3v) is 3.40. The summed E-state index contributed by atoms with van der Waals surface area (Å²) in [5.74, 6) is 0. The van der Waals surface area contributed by atoms with Gasteiger partial charge in [-0.1, -0.05) is 15.9 Å². The molecule has 1 heterocycles. The van der Waals surface area contributed by atoms with E-state index < -0.39 is 0 Å². The van der Waals surface area contributed by atoms with Crippen LogP contribution in [0.3, 0.4) is 0 Å². The molecule has 0 fully saturated rings. The first-order valence-electron chi connectivity index (χ1n) is 5.74. The summed E-state index contributed by atoms with van der Waals surface area (Å²) in [6.45, 7) is 3.97. The highest BCUT2D eigenvalue weighted by atomic mass is 79.9. The molecule has 0 saturated carbocycles. The fourth-order valence-electron chi connectivity index (χ4n) is 2.16. The van der Waals surface area contributed by atoms with Crippen LogP contribution in [0, 0.1) is 0 Å². The Morgan fingerprint density at radius 3 is 2.81 bits per heavy atom. The third kappa shape index (κ3) is 2.15. The molecule has 0 aliphatic carbocycles. The average molecular weight is 281 g/mol. The average Bonchev–Trinajstić information content (AvgIpc) is 2.62. The number of benzene rings is 1. The van der Waals surface area contributed by atoms with Gasteiger partial charge < -0.3 is 10.3 Å². The molecule has 0 aliphatic heterocycles. The Labute approximate surface area is 105 Å². The number of nitrogens with zero attached hydrogens (tertiary/aromatic N) is 1. The minimum absolute atomic E-state index is 0.759. The minimum Gasteiger partial charge on any atom is -0.345 e. The summed E-state index contributed by atoms with van der Waals surface area (Å²) in [6, 6.07) is 8.72. The van der Waals surface area contributed by atoms with Crippen LogP contribution in [-0.4, -0.2) is 11.1 Å². The van der Waals surface area contributed by atoms with Crippen LogP contribution in [0.5, 0.6) is 0 Å². The topological polar surface area (TPSA) is 30.9 Å². The van der Waals surface area contributed by atoms with Crippen LogP contribution in [0.15, 0.2) is 28.7 Å². The van der Waals surface area contributed by atoms with Crippen molar-refractivity contribution in [2.45, 2.75) is 26.3 Å². The number of aryl methyl sites for hydroxylation is 2. The zero-order chi connectivity index (χ0) is 11.5. The number of rotatable bonds is 4. The molecule has 0 amide bonds. The van der Waals surface area contributed by atoms with Gasteiger partial charge in [0.2, 0.25) is 0 Å². The van der Waals surface area contributed by atoms with E-state index in [1.54, 1.807) is 0 Å². The standard InChI is InChI=1S/C13H17BrN2/c1-2-16-12(4-3-7-15)9-10-8-11(14)5-6-13(10)16/h5-6,8-9H,2-4,7,15H2,1H3. The zero-order valence-electron chi connectivity index (χ0n) is 9.54. The van der Waals surface area contributed by atoms with Gasteiger partial charge in [-0.25, -0.2) is 0 Å². The van der Waals surface area contributed by atoms with E-state index in [1.165, 1.54) is 16.6 Å². The quantitative estimate of drug-likeness (QED) is 0.915. The highest BCUT2D eigenvalue weighted by molar-refractivity contribution is 9.10. The Kier molecular flexibility index (Phi) is 3.66. The Balaban J connectivity index is 2.48. The lowest BCUT2D eigenvalue weighted by molar-refractivity contribution is 0.707. The monoisotopic (exact) mass is 280 g/mol. The zero-order valence-corrected chi connectivity index (χ0v) is 11.1. The van der Waals surface area contributed by atoms with Crippen molar-refractivity contribution in [1.29, 1.82) is 0 Å². The first kappa shape index (κ1) is 11.7. The molecule has 2 aromatic rings. The van der Waals surface area contributed by atoms with Crippen molar-refractivity contribution in [1.82, 2.24) is 4.57 Å². The lowest BCUT2D eigenvalue weighted by atomic mass is 10.2. The number of hydrogen-bond acceptors (Lipinski definition) is 1. The molecule has 16 heavy (non-hydrogen) atoms. The number of aromatic nitrogens is 1. The van der Waals surface area contributed by atoms with E-state index in [0.717, 1.165) is 30.4 Å². The van der Waals surface area contributed by atoms with Gasteiger partial charge in [0.15, 0.2) is 0 Å². The molecular formula is C13H17BrN2. The molecular weight excluding hydrogens is 264 g/mol. The third-order valence-electron chi connectivity index (χ3n) is 2.90. The summed E-state index contributed by atoms with van der Waals surface area (Å²) in [7, 11) is 0. The van der Waals surface area contributed by atoms with Gasteiger partial charge >= 0.3 is 0 Å². The lowest BCUT2D eigenvalue weighted by Gasteiger charge is -2.07. The molecule has 0 bridgehead atoms. The second kappa shape index (κ2) is 5.02. The molecule has 2 N–H and O–H groups in total. The SMILES string of the molecule is CCn1c(CCCN)cc2cc(Br)ccc21.